The van der Waals surface area contributed by atoms with Gasteiger partial charge in [0, 0.05) is 28.7 Å². The summed E-state index contributed by atoms with van der Waals surface area (Å²) in [7, 11) is 2.80. The summed E-state index contributed by atoms with van der Waals surface area (Å²) < 4.78 is 36.8. The zero-order valence-corrected chi connectivity index (χ0v) is 14.4. The van der Waals surface area contributed by atoms with Gasteiger partial charge >= 0.3 is 0 Å². The highest BCUT2D eigenvalue weighted by Crippen LogP contribution is 2.30. The Bertz CT molecular complexity index is 676. The second-order valence-electron chi connectivity index (χ2n) is 5.18. The summed E-state index contributed by atoms with van der Waals surface area (Å²) >= 11 is 2.94. The van der Waals surface area contributed by atoms with E-state index in [1.165, 1.54) is 4.90 Å². The van der Waals surface area contributed by atoms with Crippen LogP contribution in [0.2, 0.25) is 0 Å². The molecule has 1 saturated carbocycles. The summed E-state index contributed by atoms with van der Waals surface area (Å²) in [6.45, 7) is 0.539. The molecular formula is C13H14BrClFNO3S. The molecule has 1 amide bonds. The first kappa shape index (κ1) is 16.7. The van der Waals surface area contributed by atoms with Gasteiger partial charge in [0.15, 0.2) is 0 Å². The minimum atomic E-state index is -4.06. The molecule has 0 radical (unpaired) electrons. The Labute approximate surface area is 135 Å². The Morgan fingerprint density at radius 1 is 1.48 bits per heavy atom. The molecule has 1 fully saturated rings. The second-order valence-corrected chi connectivity index (χ2v) is 8.57. The van der Waals surface area contributed by atoms with Crippen LogP contribution in [0.5, 0.6) is 0 Å². The van der Waals surface area contributed by atoms with Crippen LogP contribution >= 0.6 is 26.6 Å². The fourth-order valence-electron chi connectivity index (χ4n) is 2.23. The molecule has 1 aliphatic carbocycles. The lowest BCUT2D eigenvalue weighted by molar-refractivity contribution is 0.0740. The van der Waals surface area contributed by atoms with E-state index in [9.17, 15) is 17.6 Å². The van der Waals surface area contributed by atoms with Gasteiger partial charge in [-0.25, -0.2) is 12.8 Å². The molecule has 0 heterocycles. The van der Waals surface area contributed by atoms with Crippen molar-refractivity contribution in [1.82, 2.24) is 4.90 Å². The predicted molar refractivity (Wildman–Crippen MR) is 81.4 cm³/mol. The fraction of sp³-hybridized carbons (Fsp3) is 0.462. The van der Waals surface area contributed by atoms with Crippen molar-refractivity contribution in [3.8, 4) is 0 Å². The first-order valence-corrected chi connectivity index (χ1v) is 9.49. The van der Waals surface area contributed by atoms with Gasteiger partial charge in [-0.05, 0) is 46.8 Å². The van der Waals surface area contributed by atoms with Crippen molar-refractivity contribution in [3.05, 3.63) is 28.0 Å². The van der Waals surface area contributed by atoms with E-state index in [-0.39, 0.29) is 14.9 Å². The van der Waals surface area contributed by atoms with Crippen molar-refractivity contribution < 1.29 is 17.6 Å². The van der Waals surface area contributed by atoms with Gasteiger partial charge in [-0.15, -0.1) is 0 Å². The standard InChI is InChI=1S/C13H14BrClFNO3S/c1-17(7-8-3-2-4-8)13(18)9-5-12(21(15,19)20)10(14)6-11(9)16/h5-6,8H,2-4,7H2,1H3. The van der Waals surface area contributed by atoms with Gasteiger partial charge in [-0.1, -0.05) is 6.42 Å². The maximum Gasteiger partial charge on any atom is 0.262 e. The van der Waals surface area contributed by atoms with E-state index in [4.69, 9.17) is 10.7 Å². The Kier molecular flexibility index (Phi) is 4.95. The molecule has 0 bridgehead atoms. The van der Waals surface area contributed by atoms with Gasteiger partial charge in [0.1, 0.15) is 5.82 Å². The van der Waals surface area contributed by atoms with E-state index >= 15 is 0 Å². The smallest absolute Gasteiger partial charge is 0.262 e. The van der Waals surface area contributed by atoms with E-state index in [0.717, 1.165) is 31.4 Å². The lowest BCUT2D eigenvalue weighted by Crippen LogP contribution is -2.34. The largest absolute Gasteiger partial charge is 0.341 e. The molecular weight excluding hydrogens is 385 g/mol. The van der Waals surface area contributed by atoms with E-state index in [0.29, 0.717) is 12.5 Å². The number of carbonyl (C=O) groups is 1. The van der Waals surface area contributed by atoms with Crippen molar-refractivity contribution in [1.29, 1.82) is 0 Å². The third kappa shape index (κ3) is 3.76. The third-order valence-electron chi connectivity index (χ3n) is 3.62. The van der Waals surface area contributed by atoms with Crippen LogP contribution in [0.1, 0.15) is 29.6 Å². The van der Waals surface area contributed by atoms with Gasteiger partial charge in [0.2, 0.25) is 0 Å². The molecule has 2 rings (SSSR count). The molecule has 0 saturated heterocycles. The average Bonchev–Trinajstić information content (AvgIpc) is 2.31. The Morgan fingerprint density at radius 2 is 2.10 bits per heavy atom. The van der Waals surface area contributed by atoms with Crippen LogP contribution in [-0.2, 0) is 9.05 Å². The predicted octanol–water partition coefficient (Wildman–Crippen LogP) is 3.39. The molecule has 21 heavy (non-hydrogen) atoms. The van der Waals surface area contributed by atoms with E-state index in [1.807, 2.05) is 0 Å². The van der Waals surface area contributed by atoms with E-state index < -0.39 is 20.8 Å². The Balaban J connectivity index is 2.31. The summed E-state index contributed by atoms with van der Waals surface area (Å²) in [5.74, 6) is -0.890. The molecule has 0 spiro atoms. The molecule has 1 aromatic carbocycles. The van der Waals surface area contributed by atoms with E-state index in [1.54, 1.807) is 7.05 Å². The molecule has 4 nitrogen and oxygen atoms in total. The molecule has 0 aromatic heterocycles. The zero-order chi connectivity index (χ0) is 15.8. The number of hydrogen-bond acceptors (Lipinski definition) is 3. The van der Waals surface area contributed by atoms with Crippen LogP contribution in [0.15, 0.2) is 21.5 Å². The molecule has 0 unspecified atom stereocenters. The number of halogens is 3. The molecule has 0 atom stereocenters. The molecule has 0 N–H and O–H groups in total. The van der Waals surface area contributed by atoms with Crippen molar-refractivity contribution in [2.45, 2.75) is 24.2 Å². The van der Waals surface area contributed by atoms with Crippen LogP contribution in [-0.4, -0.2) is 32.8 Å². The summed E-state index contributed by atoms with van der Waals surface area (Å²) in [5.41, 5.74) is -0.292. The van der Waals surface area contributed by atoms with Gasteiger partial charge < -0.3 is 4.90 Å². The SMILES string of the molecule is CN(CC1CCC1)C(=O)c1cc(S(=O)(=O)Cl)c(Br)cc1F. The van der Waals surface area contributed by atoms with Crippen molar-refractivity contribution in [3.63, 3.8) is 0 Å². The third-order valence-corrected chi connectivity index (χ3v) is 5.90. The molecule has 0 aliphatic heterocycles. The van der Waals surface area contributed by atoms with Crippen LogP contribution < -0.4 is 0 Å². The van der Waals surface area contributed by atoms with Crippen LogP contribution in [0, 0.1) is 11.7 Å². The second kappa shape index (κ2) is 6.22. The maximum atomic E-state index is 13.9. The minimum Gasteiger partial charge on any atom is -0.341 e. The zero-order valence-electron chi connectivity index (χ0n) is 11.3. The van der Waals surface area contributed by atoms with Crippen LogP contribution in [0.25, 0.3) is 0 Å². The van der Waals surface area contributed by atoms with Crippen LogP contribution in [0.4, 0.5) is 4.39 Å². The summed E-state index contributed by atoms with van der Waals surface area (Å²) in [6.07, 6.45) is 3.26. The minimum absolute atomic E-state index is 0.00630. The lowest BCUT2D eigenvalue weighted by atomic mass is 9.85. The first-order chi connectivity index (χ1) is 9.70. The van der Waals surface area contributed by atoms with Gasteiger partial charge in [0.25, 0.3) is 15.0 Å². The fourth-order valence-corrected chi connectivity index (χ4v) is 4.40. The highest BCUT2D eigenvalue weighted by molar-refractivity contribution is 9.10. The Hall–Kier alpha value is -0.660. The van der Waals surface area contributed by atoms with E-state index in [2.05, 4.69) is 15.9 Å². The average molecular weight is 399 g/mol. The molecule has 116 valence electrons. The number of hydrogen-bond donors (Lipinski definition) is 0. The first-order valence-electron chi connectivity index (χ1n) is 6.39. The van der Waals surface area contributed by atoms with Gasteiger partial charge in [-0.2, -0.15) is 0 Å². The number of benzene rings is 1. The van der Waals surface area contributed by atoms with Gasteiger partial charge in [-0.3, -0.25) is 4.79 Å². The lowest BCUT2D eigenvalue weighted by Gasteiger charge is -2.30. The molecule has 8 heteroatoms. The normalized spacial score (nSPS) is 15.6. The quantitative estimate of drug-likeness (QED) is 0.731. The van der Waals surface area contributed by atoms with Crippen molar-refractivity contribution in [2.24, 2.45) is 5.92 Å². The summed E-state index contributed by atoms with van der Waals surface area (Å²) in [5, 5.41) is 0. The summed E-state index contributed by atoms with van der Waals surface area (Å²) in [6, 6.07) is 1.92. The van der Waals surface area contributed by atoms with Crippen LogP contribution in [0.3, 0.4) is 0 Å². The Morgan fingerprint density at radius 3 is 2.57 bits per heavy atom. The molecule has 1 aliphatic rings. The van der Waals surface area contributed by atoms with Crippen molar-refractivity contribution >= 4 is 41.6 Å². The number of nitrogens with zero attached hydrogens (tertiary/aromatic N) is 1. The number of carbonyl (C=O) groups excluding carboxylic acids is 1. The maximum absolute atomic E-state index is 13.9. The number of rotatable bonds is 4. The topological polar surface area (TPSA) is 54.5 Å². The summed E-state index contributed by atoms with van der Waals surface area (Å²) in [4.78, 5) is 13.4. The number of amides is 1. The van der Waals surface area contributed by atoms with Gasteiger partial charge in [0.05, 0.1) is 10.5 Å². The van der Waals surface area contributed by atoms with Crippen molar-refractivity contribution in [2.75, 3.05) is 13.6 Å². The molecule has 1 aromatic rings. The highest BCUT2D eigenvalue weighted by atomic mass is 79.9. The highest BCUT2D eigenvalue weighted by Gasteiger charge is 2.26. The monoisotopic (exact) mass is 397 g/mol.